The van der Waals surface area contributed by atoms with Crippen LogP contribution >= 0.6 is 0 Å². The van der Waals surface area contributed by atoms with Crippen molar-refractivity contribution in [3.05, 3.63) is 35.1 Å². The van der Waals surface area contributed by atoms with Crippen LogP contribution in [0.1, 0.15) is 50.7 Å². The Morgan fingerprint density at radius 3 is 2.70 bits per heavy atom. The minimum absolute atomic E-state index is 0.305. The van der Waals surface area contributed by atoms with E-state index >= 15 is 0 Å². The number of hydrogen-bond donors (Lipinski definition) is 2. The van der Waals surface area contributed by atoms with Gasteiger partial charge in [0.05, 0.1) is 11.6 Å². The molecule has 0 radical (unpaired) electrons. The first-order valence-electron chi connectivity index (χ1n) is 8.09. The second kappa shape index (κ2) is 7.45. The highest BCUT2D eigenvalue weighted by Crippen LogP contribution is 2.34. The summed E-state index contributed by atoms with van der Waals surface area (Å²) in [5.74, 6) is 0.364. The van der Waals surface area contributed by atoms with Crippen LogP contribution in [0.2, 0.25) is 0 Å². The molecule has 0 saturated heterocycles. The zero-order valence-corrected chi connectivity index (χ0v) is 14.1. The molecule has 0 heterocycles. The summed E-state index contributed by atoms with van der Waals surface area (Å²) in [5.41, 5.74) is 1.35. The van der Waals surface area contributed by atoms with Gasteiger partial charge in [-0.1, -0.05) is 13.8 Å². The van der Waals surface area contributed by atoms with Crippen molar-refractivity contribution in [2.24, 2.45) is 10.4 Å². The van der Waals surface area contributed by atoms with Gasteiger partial charge in [-0.3, -0.25) is 4.99 Å². The molecular weight excluding hydrogens is 291 g/mol. The molecule has 5 heteroatoms. The van der Waals surface area contributed by atoms with Crippen molar-refractivity contribution < 1.29 is 4.39 Å². The minimum atomic E-state index is -0.314. The molecule has 1 aliphatic rings. The van der Waals surface area contributed by atoms with E-state index < -0.39 is 0 Å². The standard InChI is InChI=1S/C18H25FN4/c1-18(2)8-6-15(7-9-18)23-17(21-3)22-12-14-10-13(11-20)4-5-16(14)19/h4-5,10,15H,6-9,12H2,1-3H3,(H2,21,22,23). The fourth-order valence-corrected chi connectivity index (χ4v) is 2.89. The summed E-state index contributed by atoms with van der Waals surface area (Å²) in [6.07, 6.45) is 4.62. The van der Waals surface area contributed by atoms with Crippen molar-refractivity contribution in [1.82, 2.24) is 10.6 Å². The molecule has 4 nitrogen and oxygen atoms in total. The second-order valence-electron chi connectivity index (χ2n) is 6.93. The van der Waals surface area contributed by atoms with Crippen molar-refractivity contribution >= 4 is 5.96 Å². The lowest BCUT2D eigenvalue weighted by atomic mass is 9.75. The molecule has 124 valence electrons. The Hall–Kier alpha value is -2.09. The molecule has 0 aliphatic heterocycles. The molecule has 0 bridgehead atoms. The average Bonchev–Trinajstić information content (AvgIpc) is 2.54. The molecule has 1 aromatic rings. The Morgan fingerprint density at radius 1 is 1.39 bits per heavy atom. The maximum absolute atomic E-state index is 13.8. The highest BCUT2D eigenvalue weighted by Gasteiger charge is 2.27. The van der Waals surface area contributed by atoms with Gasteiger partial charge in [0.1, 0.15) is 5.82 Å². The van der Waals surface area contributed by atoms with Gasteiger partial charge in [-0.2, -0.15) is 5.26 Å². The van der Waals surface area contributed by atoms with E-state index in [1.165, 1.54) is 25.0 Å². The second-order valence-corrected chi connectivity index (χ2v) is 6.93. The minimum Gasteiger partial charge on any atom is -0.354 e. The van der Waals surface area contributed by atoms with Gasteiger partial charge in [0.2, 0.25) is 0 Å². The summed E-state index contributed by atoms with van der Waals surface area (Å²) in [6.45, 7) is 4.92. The van der Waals surface area contributed by atoms with Gasteiger partial charge in [0.25, 0.3) is 0 Å². The van der Waals surface area contributed by atoms with Crippen LogP contribution in [0.15, 0.2) is 23.2 Å². The number of halogens is 1. The molecule has 0 spiro atoms. The molecule has 1 aromatic carbocycles. The van der Waals surface area contributed by atoms with Crippen molar-refractivity contribution in [3.63, 3.8) is 0 Å². The van der Waals surface area contributed by atoms with Crippen molar-refractivity contribution in [1.29, 1.82) is 5.26 Å². The predicted octanol–water partition coefficient (Wildman–Crippen LogP) is 3.33. The smallest absolute Gasteiger partial charge is 0.191 e. The van der Waals surface area contributed by atoms with Crippen LogP contribution < -0.4 is 10.6 Å². The van der Waals surface area contributed by atoms with E-state index in [-0.39, 0.29) is 5.82 Å². The lowest BCUT2D eigenvalue weighted by Crippen LogP contribution is -2.45. The Kier molecular flexibility index (Phi) is 5.59. The van der Waals surface area contributed by atoms with E-state index in [0.29, 0.717) is 35.1 Å². The zero-order chi connectivity index (χ0) is 16.9. The third-order valence-electron chi connectivity index (χ3n) is 4.52. The number of nitrogens with zero attached hydrogens (tertiary/aromatic N) is 2. The van der Waals surface area contributed by atoms with Crippen LogP contribution in [0.3, 0.4) is 0 Å². The summed E-state index contributed by atoms with van der Waals surface area (Å²) in [5, 5.41) is 15.5. The van der Waals surface area contributed by atoms with Crippen LogP contribution in [0.5, 0.6) is 0 Å². The number of aliphatic imine (C=N–C) groups is 1. The third kappa shape index (κ3) is 4.95. The van der Waals surface area contributed by atoms with Crippen LogP contribution in [-0.2, 0) is 6.54 Å². The van der Waals surface area contributed by atoms with E-state index in [1.54, 1.807) is 13.1 Å². The molecule has 0 atom stereocenters. The van der Waals surface area contributed by atoms with Crippen LogP contribution in [0, 0.1) is 22.6 Å². The molecule has 2 rings (SSSR count). The van der Waals surface area contributed by atoms with Gasteiger partial charge in [0.15, 0.2) is 5.96 Å². The van der Waals surface area contributed by atoms with Gasteiger partial charge in [-0.15, -0.1) is 0 Å². The van der Waals surface area contributed by atoms with Crippen molar-refractivity contribution in [2.75, 3.05) is 7.05 Å². The van der Waals surface area contributed by atoms with Crippen molar-refractivity contribution in [2.45, 2.75) is 52.1 Å². The summed E-state index contributed by atoms with van der Waals surface area (Å²) in [7, 11) is 1.71. The van der Waals surface area contributed by atoms with Crippen LogP contribution in [0.4, 0.5) is 4.39 Å². The Bertz CT molecular complexity index is 606. The fraction of sp³-hybridized carbons (Fsp3) is 0.556. The lowest BCUT2D eigenvalue weighted by molar-refractivity contribution is 0.216. The average molecular weight is 316 g/mol. The number of hydrogen-bond acceptors (Lipinski definition) is 2. The number of benzene rings is 1. The van der Waals surface area contributed by atoms with Crippen LogP contribution in [-0.4, -0.2) is 19.0 Å². The van der Waals surface area contributed by atoms with Crippen LogP contribution in [0.25, 0.3) is 0 Å². The lowest BCUT2D eigenvalue weighted by Gasteiger charge is -2.35. The molecule has 0 aromatic heterocycles. The van der Waals surface area contributed by atoms with E-state index in [2.05, 4.69) is 29.5 Å². The molecule has 1 fully saturated rings. The number of nitrogens with one attached hydrogen (secondary N) is 2. The zero-order valence-electron chi connectivity index (χ0n) is 14.1. The molecule has 2 N–H and O–H groups in total. The largest absolute Gasteiger partial charge is 0.354 e. The first-order valence-corrected chi connectivity index (χ1v) is 8.09. The van der Waals surface area contributed by atoms with E-state index in [1.807, 2.05) is 6.07 Å². The predicted molar refractivity (Wildman–Crippen MR) is 90.5 cm³/mol. The molecule has 0 amide bonds. The molecule has 0 unspecified atom stereocenters. The number of rotatable bonds is 3. The fourth-order valence-electron chi connectivity index (χ4n) is 2.89. The van der Waals surface area contributed by atoms with Gasteiger partial charge >= 0.3 is 0 Å². The molecule has 1 aliphatic carbocycles. The van der Waals surface area contributed by atoms with Crippen molar-refractivity contribution in [3.8, 4) is 6.07 Å². The quantitative estimate of drug-likeness (QED) is 0.664. The van der Waals surface area contributed by atoms with Gasteiger partial charge in [-0.25, -0.2) is 4.39 Å². The SMILES string of the molecule is CN=C(NCc1cc(C#N)ccc1F)NC1CCC(C)(C)CC1. The first kappa shape index (κ1) is 17.3. The number of guanidine groups is 1. The topological polar surface area (TPSA) is 60.2 Å². The Morgan fingerprint density at radius 2 is 2.09 bits per heavy atom. The Labute approximate surface area is 137 Å². The molecular formula is C18H25FN4. The molecule has 23 heavy (non-hydrogen) atoms. The van der Waals surface area contributed by atoms with Gasteiger partial charge in [0, 0.05) is 25.2 Å². The van der Waals surface area contributed by atoms with Gasteiger partial charge < -0.3 is 10.6 Å². The van der Waals surface area contributed by atoms with E-state index in [4.69, 9.17) is 5.26 Å². The highest BCUT2D eigenvalue weighted by molar-refractivity contribution is 5.80. The maximum Gasteiger partial charge on any atom is 0.191 e. The maximum atomic E-state index is 13.8. The summed E-state index contributed by atoms with van der Waals surface area (Å²) >= 11 is 0. The summed E-state index contributed by atoms with van der Waals surface area (Å²) in [4.78, 5) is 4.21. The normalized spacial score (nSPS) is 18.3. The van der Waals surface area contributed by atoms with E-state index in [0.717, 1.165) is 12.8 Å². The third-order valence-corrected chi connectivity index (χ3v) is 4.52. The monoisotopic (exact) mass is 316 g/mol. The summed E-state index contributed by atoms with van der Waals surface area (Å²) in [6, 6.07) is 6.81. The highest BCUT2D eigenvalue weighted by atomic mass is 19.1. The van der Waals surface area contributed by atoms with E-state index in [9.17, 15) is 4.39 Å². The summed E-state index contributed by atoms with van der Waals surface area (Å²) < 4.78 is 13.8. The molecule has 1 saturated carbocycles. The number of nitriles is 1. The Balaban J connectivity index is 1.90. The first-order chi connectivity index (χ1) is 10.9. The van der Waals surface area contributed by atoms with Gasteiger partial charge in [-0.05, 0) is 49.3 Å².